The van der Waals surface area contributed by atoms with Crippen LogP contribution >= 0.6 is 0 Å². The zero-order valence-corrected chi connectivity index (χ0v) is 19.6. The van der Waals surface area contributed by atoms with E-state index < -0.39 is 29.4 Å². The van der Waals surface area contributed by atoms with E-state index in [0.29, 0.717) is 18.5 Å². The van der Waals surface area contributed by atoms with Gasteiger partial charge in [-0.25, -0.2) is 4.90 Å². The molecule has 2 fully saturated rings. The van der Waals surface area contributed by atoms with E-state index in [9.17, 15) is 14.4 Å². The van der Waals surface area contributed by atoms with E-state index in [4.69, 9.17) is 4.74 Å². The van der Waals surface area contributed by atoms with Gasteiger partial charge in [-0.3, -0.25) is 19.7 Å². The van der Waals surface area contributed by atoms with Crippen LogP contribution in [0.2, 0.25) is 0 Å². The number of hydrogen-bond acceptors (Lipinski definition) is 6. The number of carbonyl (C=O) groups is 3. The van der Waals surface area contributed by atoms with Crippen molar-refractivity contribution in [1.82, 2.24) is 5.32 Å². The molecule has 0 aromatic heterocycles. The summed E-state index contributed by atoms with van der Waals surface area (Å²) in [6.45, 7) is 3.92. The summed E-state index contributed by atoms with van der Waals surface area (Å²) in [7, 11) is 3.92. The molecule has 2 aliphatic rings. The molecule has 2 heterocycles. The van der Waals surface area contributed by atoms with Crippen molar-refractivity contribution in [3.05, 3.63) is 60.2 Å². The van der Waals surface area contributed by atoms with Gasteiger partial charge in [0.1, 0.15) is 5.54 Å². The predicted octanol–water partition coefficient (Wildman–Crippen LogP) is 3.30. The van der Waals surface area contributed by atoms with Crippen molar-refractivity contribution >= 4 is 29.2 Å². The molecule has 4 rings (SSSR count). The lowest BCUT2D eigenvalue weighted by atomic mass is 9.77. The lowest BCUT2D eigenvalue weighted by molar-refractivity contribution is -0.155. The number of nitrogens with zero attached hydrogens (tertiary/aromatic N) is 2. The zero-order chi connectivity index (χ0) is 23.8. The van der Waals surface area contributed by atoms with Gasteiger partial charge in [-0.2, -0.15) is 0 Å². The van der Waals surface area contributed by atoms with E-state index >= 15 is 0 Å². The molecule has 174 valence electrons. The standard InChI is InChI=1S/C26H31N3O4/c1-5-16-26(25(32)33-6-2)21-20(22(27-26)17-12-14-18(15-13-17)28(3)4)23(30)29(24(21)31)19-10-8-7-9-11-19/h7-15,20-22,27H,5-6,16H2,1-4H3/t20-,21+,22+,26-/m0/s1. The summed E-state index contributed by atoms with van der Waals surface area (Å²) in [5.74, 6) is -2.63. The molecular weight excluding hydrogens is 418 g/mol. The Morgan fingerprint density at radius 2 is 1.70 bits per heavy atom. The molecule has 1 N–H and O–H groups in total. The maximum absolute atomic E-state index is 13.8. The van der Waals surface area contributed by atoms with Crippen LogP contribution in [0.3, 0.4) is 0 Å². The van der Waals surface area contributed by atoms with E-state index in [1.54, 1.807) is 31.2 Å². The first-order chi connectivity index (χ1) is 15.9. The van der Waals surface area contributed by atoms with Gasteiger partial charge in [0, 0.05) is 25.8 Å². The van der Waals surface area contributed by atoms with Gasteiger partial charge >= 0.3 is 5.97 Å². The highest BCUT2D eigenvalue weighted by Crippen LogP contribution is 2.51. The molecule has 0 saturated carbocycles. The van der Waals surface area contributed by atoms with Gasteiger partial charge in [0.25, 0.3) is 0 Å². The number of esters is 1. The highest BCUT2D eigenvalue weighted by atomic mass is 16.5. The third-order valence-corrected chi connectivity index (χ3v) is 6.72. The molecule has 0 unspecified atom stereocenters. The minimum atomic E-state index is -1.25. The van der Waals surface area contributed by atoms with Crippen molar-refractivity contribution in [2.45, 2.75) is 38.3 Å². The smallest absolute Gasteiger partial charge is 0.327 e. The van der Waals surface area contributed by atoms with Crippen LogP contribution < -0.4 is 15.1 Å². The largest absolute Gasteiger partial charge is 0.465 e. The number of ether oxygens (including phenoxy) is 1. The summed E-state index contributed by atoms with van der Waals surface area (Å²) in [4.78, 5) is 44.1. The minimum absolute atomic E-state index is 0.204. The van der Waals surface area contributed by atoms with Crippen LogP contribution in [-0.2, 0) is 19.1 Å². The van der Waals surface area contributed by atoms with Gasteiger partial charge in [-0.05, 0) is 43.2 Å². The first kappa shape index (κ1) is 23.0. The van der Waals surface area contributed by atoms with Crippen molar-refractivity contribution in [3.63, 3.8) is 0 Å². The van der Waals surface area contributed by atoms with Crippen molar-refractivity contribution < 1.29 is 19.1 Å². The molecule has 0 spiro atoms. The fourth-order valence-electron chi connectivity index (χ4n) is 5.27. The number of para-hydroxylation sites is 1. The average Bonchev–Trinajstić information content (AvgIpc) is 3.29. The summed E-state index contributed by atoms with van der Waals surface area (Å²) in [6.07, 6.45) is 1.06. The number of anilines is 2. The molecule has 2 aromatic rings. The molecule has 33 heavy (non-hydrogen) atoms. The van der Waals surface area contributed by atoms with Crippen LogP contribution in [0, 0.1) is 11.8 Å². The Morgan fingerprint density at radius 3 is 2.27 bits per heavy atom. The lowest BCUT2D eigenvalue weighted by Gasteiger charge is -2.32. The van der Waals surface area contributed by atoms with Crippen molar-refractivity contribution in [2.75, 3.05) is 30.5 Å². The zero-order valence-electron chi connectivity index (χ0n) is 19.6. The average molecular weight is 450 g/mol. The molecular formula is C26H31N3O4. The van der Waals surface area contributed by atoms with Gasteiger partial charge in [0.05, 0.1) is 24.1 Å². The van der Waals surface area contributed by atoms with Crippen LogP contribution in [0.15, 0.2) is 54.6 Å². The van der Waals surface area contributed by atoms with Gasteiger partial charge < -0.3 is 9.64 Å². The molecule has 4 atom stereocenters. The third-order valence-electron chi connectivity index (χ3n) is 6.72. The van der Waals surface area contributed by atoms with Gasteiger partial charge in [-0.15, -0.1) is 0 Å². The van der Waals surface area contributed by atoms with E-state index in [2.05, 4.69) is 5.32 Å². The van der Waals surface area contributed by atoms with E-state index in [-0.39, 0.29) is 18.4 Å². The summed E-state index contributed by atoms with van der Waals surface area (Å²) in [5.41, 5.74) is 1.17. The summed E-state index contributed by atoms with van der Waals surface area (Å²) in [5, 5.41) is 3.43. The minimum Gasteiger partial charge on any atom is -0.465 e. The Kier molecular flexibility index (Phi) is 6.26. The van der Waals surface area contributed by atoms with Crippen LogP contribution in [0.5, 0.6) is 0 Å². The van der Waals surface area contributed by atoms with Gasteiger partial charge in [0.15, 0.2) is 0 Å². The Balaban J connectivity index is 1.83. The maximum atomic E-state index is 13.8. The molecule has 7 heteroatoms. The topological polar surface area (TPSA) is 79.0 Å². The van der Waals surface area contributed by atoms with E-state index in [0.717, 1.165) is 11.3 Å². The highest BCUT2D eigenvalue weighted by molar-refractivity contribution is 6.24. The number of carbonyl (C=O) groups excluding carboxylic acids is 3. The first-order valence-corrected chi connectivity index (χ1v) is 11.5. The molecule has 2 amide bonds. The SMILES string of the molecule is CCC[C@]1(C(=O)OCC)N[C@H](c2ccc(N(C)C)cc2)[C@H]2C(=O)N(c3ccccc3)C(=O)[C@@H]21. The quantitative estimate of drug-likeness (QED) is 0.516. The normalized spacial score (nSPS) is 26.4. The Morgan fingerprint density at radius 1 is 1.03 bits per heavy atom. The number of benzene rings is 2. The second-order valence-electron chi connectivity index (χ2n) is 8.90. The molecule has 2 saturated heterocycles. The molecule has 0 aliphatic carbocycles. The summed E-state index contributed by atoms with van der Waals surface area (Å²) >= 11 is 0. The second-order valence-corrected chi connectivity index (χ2v) is 8.90. The van der Waals surface area contributed by atoms with Gasteiger partial charge in [-0.1, -0.05) is 43.7 Å². The van der Waals surface area contributed by atoms with Crippen LogP contribution in [0.4, 0.5) is 11.4 Å². The number of amides is 2. The lowest BCUT2D eigenvalue weighted by Crippen LogP contribution is -2.56. The number of fused-ring (bicyclic) bond motifs is 1. The molecule has 2 aliphatic heterocycles. The van der Waals surface area contributed by atoms with E-state index in [1.807, 2.05) is 56.3 Å². The predicted molar refractivity (Wildman–Crippen MR) is 127 cm³/mol. The van der Waals surface area contributed by atoms with Crippen LogP contribution in [0.1, 0.15) is 38.3 Å². The number of rotatable bonds is 7. The molecule has 2 aromatic carbocycles. The Labute approximate surface area is 194 Å². The second kappa shape index (κ2) is 8.98. The summed E-state index contributed by atoms with van der Waals surface area (Å²) in [6, 6.07) is 16.3. The third kappa shape index (κ3) is 3.70. The van der Waals surface area contributed by atoms with Crippen molar-refractivity contribution in [1.29, 1.82) is 0 Å². The van der Waals surface area contributed by atoms with Crippen LogP contribution in [-0.4, -0.2) is 44.0 Å². The molecule has 0 bridgehead atoms. The molecule has 0 radical (unpaired) electrons. The van der Waals surface area contributed by atoms with Crippen LogP contribution in [0.25, 0.3) is 0 Å². The number of nitrogens with one attached hydrogen (secondary N) is 1. The van der Waals surface area contributed by atoms with Crippen molar-refractivity contribution in [2.24, 2.45) is 11.8 Å². The maximum Gasteiger partial charge on any atom is 0.327 e. The fourth-order valence-corrected chi connectivity index (χ4v) is 5.27. The number of imide groups is 1. The van der Waals surface area contributed by atoms with Crippen molar-refractivity contribution in [3.8, 4) is 0 Å². The van der Waals surface area contributed by atoms with Gasteiger partial charge in [0.2, 0.25) is 11.8 Å². The first-order valence-electron chi connectivity index (χ1n) is 11.5. The monoisotopic (exact) mass is 449 g/mol. The number of hydrogen-bond donors (Lipinski definition) is 1. The molecule has 7 nitrogen and oxygen atoms in total. The highest BCUT2D eigenvalue weighted by Gasteiger charge is 2.68. The van der Waals surface area contributed by atoms with E-state index in [1.165, 1.54) is 4.90 Å². The fraction of sp³-hybridized carbons (Fsp3) is 0.423. The Bertz CT molecular complexity index is 1040. The Hall–Kier alpha value is -3.19. The summed E-state index contributed by atoms with van der Waals surface area (Å²) < 4.78 is 5.46.